The van der Waals surface area contributed by atoms with E-state index in [1.54, 1.807) is 7.11 Å². The normalized spacial score (nSPS) is 20.3. The Balaban J connectivity index is 1.77. The number of nitrogens with zero attached hydrogens (tertiary/aromatic N) is 1. The van der Waals surface area contributed by atoms with Gasteiger partial charge in [0.25, 0.3) is 0 Å². The summed E-state index contributed by atoms with van der Waals surface area (Å²) in [7, 11) is 1.69. The molecule has 1 saturated heterocycles. The van der Waals surface area contributed by atoms with E-state index in [-0.39, 0.29) is 5.92 Å². The highest BCUT2D eigenvalue weighted by molar-refractivity contribution is 5.91. The molecular formula is C21H23NO3. The number of hydrogen-bond donors (Lipinski definition) is 0. The van der Waals surface area contributed by atoms with Crippen molar-refractivity contribution in [3.63, 3.8) is 0 Å². The molecule has 4 rings (SSSR count). The first kappa shape index (κ1) is 16.2. The lowest BCUT2D eigenvalue weighted by molar-refractivity contribution is -0.120. The van der Waals surface area contributed by atoms with Crippen LogP contribution in [0, 0.1) is 0 Å². The van der Waals surface area contributed by atoms with E-state index in [9.17, 15) is 4.79 Å². The number of anilines is 1. The molecule has 1 unspecified atom stereocenters. The number of hydrogen-bond acceptors (Lipinski definition) is 4. The third-order valence-electron chi connectivity index (χ3n) is 5.22. The number of benzene rings is 2. The minimum Gasteiger partial charge on any atom is -0.495 e. The summed E-state index contributed by atoms with van der Waals surface area (Å²) in [6.45, 7) is 3.13. The van der Waals surface area contributed by atoms with Gasteiger partial charge in [-0.15, -0.1) is 0 Å². The molecule has 0 radical (unpaired) electrons. The second kappa shape index (κ2) is 6.89. The Labute approximate surface area is 148 Å². The summed E-state index contributed by atoms with van der Waals surface area (Å²) in [5.74, 6) is 0.981. The van der Waals surface area contributed by atoms with Crippen LogP contribution in [0.1, 0.15) is 29.0 Å². The number of ether oxygens (including phenoxy) is 2. The molecule has 2 aromatic carbocycles. The van der Waals surface area contributed by atoms with Crippen molar-refractivity contribution in [3.8, 4) is 5.75 Å². The van der Waals surface area contributed by atoms with Crippen LogP contribution in [-0.2, 0) is 16.0 Å². The maximum Gasteiger partial charge on any atom is 0.145 e. The van der Waals surface area contributed by atoms with Gasteiger partial charge in [0.15, 0.2) is 0 Å². The molecule has 1 aliphatic heterocycles. The van der Waals surface area contributed by atoms with E-state index >= 15 is 0 Å². The Hall–Kier alpha value is -2.33. The Kier molecular flexibility index (Phi) is 4.45. The van der Waals surface area contributed by atoms with E-state index in [0.717, 1.165) is 55.3 Å². The number of fused-ring (bicyclic) bond motifs is 1. The zero-order valence-corrected chi connectivity index (χ0v) is 14.5. The molecule has 1 atom stereocenters. The molecular weight excluding hydrogens is 314 g/mol. The van der Waals surface area contributed by atoms with E-state index in [1.165, 1.54) is 5.56 Å². The van der Waals surface area contributed by atoms with E-state index < -0.39 is 0 Å². The number of aryl methyl sites for hydroxylation is 1. The Morgan fingerprint density at radius 1 is 1.08 bits per heavy atom. The van der Waals surface area contributed by atoms with Gasteiger partial charge in [-0.1, -0.05) is 30.3 Å². The number of carbonyl (C=O) groups excluding carboxylic acids is 1. The van der Waals surface area contributed by atoms with Crippen LogP contribution in [-0.4, -0.2) is 39.2 Å². The summed E-state index contributed by atoms with van der Waals surface area (Å²) < 4.78 is 11.0. The molecule has 4 heteroatoms. The fourth-order valence-electron chi connectivity index (χ4n) is 3.92. The molecule has 25 heavy (non-hydrogen) atoms. The number of Topliss-reactive ketones (excluding diaryl/α,β-unsaturated/α-hetero) is 1. The third kappa shape index (κ3) is 3.02. The average Bonchev–Trinajstić information content (AvgIpc) is 2.68. The minimum absolute atomic E-state index is 0.171. The average molecular weight is 337 g/mol. The standard InChI is InChI=1S/C21H23NO3/c1-24-20-9-7-16(14-18(20)22-10-12-25-13-11-22)21-17-5-3-2-4-15(17)6-8-19(21)23/h2-5,7,9,14,21H,6,8,10-13H2,1H3. The number of carbonyl (C=O) groups is 1. The van der Waals surface area contributed by atoms with Gasteiger partial charge in [0.2, 0.25) is 0 Å². The van der Waals surface area contributed by atoms with Crippen LogP contribution in [0.3, 0.4) is 0 Å². The van der Waals surface area contributed by atoms with Crippen molar-refractivity contribution in [2.75, 3.05) is 38.3 Å². The zero-order chi connectivity index (χ0) is 17.2. The van der Waals surface area contributed by atoms with E-state index in [2.05, 4.69) is 29.2 Å². The Bertz CT molecular complexity index is 780. The summed E-state index contributed by atoms with van der Waals surface area (Å²) >= 11 is 0. The topological polar surface area (TPSA) is 38.8 Å². The second-order valence-corrected chi connectivity index (χ2v) is 6.63. The van der Waals surface area contributed by atoms with Crippen molar-refractivity contribution in [2.45, 2.75) is 18.8 Å². The van der Waals surface area contributed by atoms with Gasteiger partial charge in [0.1, 0.15) is 11.5 Å². The fraction of sp³-hybridized carbons (Fsp3) is 0.381. The molecule has 0 saturated carbocycles. The summed E-state index contributed by atoms with van der Waals surface area (Å²) in [6, 6.07) is 14.5. The molecule has 0 amide bonds. The fourth-order valence-corrected chi connectivity index (χ4v) is 3.92. The lowest BCUT2D eigenvalue weighted by Crippen LogP contribution is -2.36. The van der Waals surface area contributed by atoms with Gasteiger partial charge >= 0.3 is 0 Å². The largest absolute Gasteiger partial charge is 0.495 e. The van der Waals surface area contributed by atoms with Gasteiger partial charge < -0.3 is 14.4 Å². The van der Waals surface area contributed by atoms with Crippen LogP contribution in [0.5, 0.6) is 5.75 Å². The van der Waals surface area contributed by atoms with Gasteiger partial charge in [0.05, 0.1) is 31.9 Å². The van der Waals surface area contributed by atoms with Gasteiger partial charge in [-0.3, -0.25) is 4.79 Å². The van der Waals surface area contributed by atoms with Gasteiger partial charge in [-0.25, -0.2) is 0 Å². The molecule has 0 spiro atoms. The summed E-state index contributed by atoms with van der Waals surface area (Å²) in [5.41, 5.74) is 4.55. The molecule has 1 aliphatic carbocycles. The van der Waals surface area contributed by atoms with Crippen LogP contribution in [0.4, 0.5) is 5.69 Å². The highest BCUT2D eigenvalue weighted by Gasteiger charge is 2.29. The van der Waals surface area contributed by atoms with Crippen molar-refractivity contribution >= 4 is 11.5 Å². The highest BCUT2D eigenvalue weighted by Crippen LogP contribution is 2.38. The van der Waals surface area contributed by atoms with Crippen molar-refractivity contribution in [2.24, 2.45) is 0 Å². The number of morpholine rings is 1. The Morgan fingerprint density at radius 3 is 2.68 bits per heavy atom. The van der Waals surface area contributed by atoms with E-state index in [0.29, 0.717) is 12.2 Å². The van der Waals surface area contributed by atoms with Crippen LogP contribution in [0.25, 0.3) is 0 Å². The summed E-state index contributed by atoms with van der Waals surface area (Å²) in [4.78, 5) is 15.0. The lowest BCUT2D eigenvalue weighted by atomic mass is 9.78. The van der Waals surface area contributed by atoms with Gasteiger partial charge in [0, 0.05) is 19.5 Å². The van der Waals surface area contributed by atoms with Crippen LogP contribution >= 0.6 is 0 Å². The summed E-state index contributed by atoms with van der Waals surface area (Å²) in [6.07, 6.45) is 1.46. The minimum atomic E-state index is -0.171. The Morgan fingerprint density at radius 2 is 1.88 bits per heavy atom. The number of methoxy groups -OCH3 is 1. The molecule has 2 aromatic rings. The molecule has 0 aromatic heterocycles. The molecule has 0 bridgehead atoms. The van der Waals surface area contributed by atoms with Gasteiger partial charge in [-0.2, -0.15) is 0 Å². The maximum atomic E-state index is 12.7. The third-order valence-corrected chi connectivity index (χ3v) is 5.22. The van der Waals surface area contributed by atoms with E-state index in [1.807, 2.05) is 18.2 Å². The molecule has 1 heterocycles. The van der Waals surface area contributed by atoms with Crippen molar-refractivity contribution < 1.29 is 14.3 Å². The molecule has 0 N–H and O–H groups in total. The molecule has 1 fully saturated rings. The first-order chi connectivity index (χ1) is 12.3. The number of rotatable bonds is 3. The first-order valence-electron chi connectivity index (χ1n) is 8.89. The SMILES string of the molecule is COc1ccc(C2C(=O)CCc3ccccc32)cc1N1CCOCC1. The predicted molar refractivity (Wildman–Crippen MR) is 97.6 cm³/mol. The monoisotopic (exact) mass is 337 g/mol. The second-order valence-electron chi connectivity index (χ2n) is 6.63. The number of ketones is 1. The lowest BCUT2D eigenvalue weighted by Gasteiger charge is -2.31. The zero-order valence-electron chi connectivity index (χ0n) is 14.5. The quantitative estimate of drug-likeness (QED) is 0.862. The van der Waals surface area contributed by atoms with Crippen molar-refractivity contribution in [1.29, 1.82) is 0 Å². The predicted octanol–water partition coefficient (Wildman–Crippen LogP) is 3.18. The van der Waals surface area contributed by atoms with Gasteiger partial charge in [-0.05, 0) is 35.2 Å². The van der Waals surface area contributed by atoms with Crippen LogP contribution in [0.2, 0.25) is 0 Å². The molecule has 130 valence electrons. The van der Waals surface area contributed by atoms with Crippen molar-refractivity contribution in [1.82, 2.24) is 0 Å². The maximum absolute atomic E-state index is 12.7. The van der Waals surface area contributed by atoms with Crippen LogP contribution in [0.15, 0.2) is 42.5 Å². The van der Waals surface area contributed by atoms with Crippen LogP contribution < -0.4 is 9.64 Å². The van der Waals surface area contributed by atoms with Crippen molar-refractivity contribution in [3.05, 3.63) is 59.2 Å². The summed E-state index contributed by atoms with van der Waals surface area (Å²) in [5, 5.41) is 0. The first-order valence-corrected chi connectivity index (χ1v) is 8.89. The molecule has 2 aliphatic rings. The highest BCUT2D eigenvalue weighted by atomic mass is 16.5. The molecule has 4 nitrogen and oxygen atoms in total. The van der Waals surface area contributed by atoms with E-state index in [4.69, 9.17) is 9.47 Å². The smallest absolute Gasteiger partial charge is 0.145 e.